The number of halogens is 1. The number of hydrogen-bond acceptors (Lipinski definition) is 2. The van der Waals surface area contributed by atoms with Gasteiger partial charge in [-0.15, -0.1) is 23.4 Å². The van der Waals surface area contributed by atoms with Crippen molar-refractivity contribution in [2.24, 2.45) is 0 Å². The first kappa shape index (κ1) is 11.9. The van der Waals surface area contributed by atoms with E-state index in [9.17, 15) is 0 Å². The second kappa shape index (κ2) is 4.29. The van der Waals surface area contributed by atoms with Crippen LogP contribution in [0.2, 0.25) is 0 Å². The van der Waals surface area contributed by atoms with Crippen molar-refractivity contribution in [3.05, 3.63) is 47.3 Å². The Labute approximate surface area is 121 Å². The number of H-pyrrole nitrogens is 1. The Morgan fingerprint density at radius 1 is 1.26 bits per heavy atom. The number of nitrogens with one attached hydrogen (secondary N) is 1. The number of benzene rings is 1. The molecule has 1 heterocycles. The molecule has 2 nitrogen and oxygen atoms in total. The summed E-state index contributed by atoms with van der Waals surface area (Å²) in [4.78, 5) is 1.32. The molecule has 1 saturated carbocycles. The van der Waals surface area contributed by atoms with E-state index in [1.165, 1.54) is 28.1 Å². The van der Waals surface area contributed by atoms with E-state index in [4.69, 9.17) is 11.6 Å². The summed E-state index contributed by atoms with van der Waals surface area (Å²) in [5, 5.41) is 7.99. The van der Waals surface area contributed by atoms with Crippen LogP contribution < -0.4 is 0 Å². The van der Waals surface area contributed by atoms with Crippen molar-refractivity contribution >= 4 is 23.4 Å². The second-order valence-electron chi connectivity index (χ2n) is 5.53. The third kappa shape index (κ3) is 1.75. The van der Waals surface area contributed by atoms with Crippen LogP contribution in [0.5, 0.6) is 0 Å². The molecule has 98 valence electrons. The van der Waals surface area contributed by atoms with Crippen LogP contribution in [-0.4, -0.2) is 20.8 Å². The molecule has 2 aliphatic rings. The maximum Gasteiger partial charge on any atom is 0.0547 e. The van der Waals surface area contributed by atoms with Crippen LogP contribution in [-0.2, 0) is 0 Å². The lowest BCUT2D eigenvalue weighted by Crippen LogP contribution is -2.24. The first-order valence-electron chi connectivity index (χ1n) is 6.64. The predicted molar refractivity (Wildman–Crippen MR) is 79.2 cm³/mol. The number of hydrogen-bond donors (Lipinski definition) is 1. The van der Waals surface area contributed by atoms with E-state index in [-0.39, 0.29) is 5.38 Å². The van der Waals surface area contributed by atoms with Gasteiger partial charge >= 0.3 is 0 Å². The minimum Gasteiger partial charge on any atom is -0.282 e. The molecule has 2 aromatic rings. The third-order valence-corrected chi connectivity index (χ3v) is 6.53. The fraction of sp³-hybridized carbons (Fsp3) is 0.400. The first-order valence-corrected chi connectivity index (χ1v) is 7.96. The number of nitrogens with zero attached hydrogens (tertiary/aromatic N) is 1. The average Bonchev–Trinajstić information content (AvgIpc) is 3.05. The number of fused-ring (bicyclic) bond motifs is 5. The Morgan fingerprint density at radius 2 is 2.05 bits per heavy atom. The SMILES string of the molecule is Cc1ccc(S[C@@H]2[C@@H](Cl)[C@@H]3C[C@H]2c2cn[nH]c23)cc1. The van der Waals surface area contributed by atoms with Crippen LogP contribution >= 0.6 is 23.4 Å². The molecule has 1 aromatic carbocycles. The molecule has 4 rings (SSSR count). The van der Waals surface area contributed by atoms with Gasteiger partial charge in [0.2, 0.25) is 0 Å². The fourth-order valence-corrected chi connectivity index (χ4v) is 5.30. The van der Waals surface area contributed by atoms with Crippen LogP contribution in [0.4, 0.5) is 0 Å². The van der Waals surface area contributed by atoms with Crippen molar-refractivity contribution in [3.8, 4) is 0 Å². The number of aryl methyl sites for hydroxylation is 1. The van der Waals surface area contributed by atoms with E-state index in [0.29, 0.717) is 17.1 Å². The van der Waals surface area contributed by atoms with Crippen LogP contribution in [0.15, 0.2) is 35.4 Å². The zero-order chi connectivity index (χ0) is 13.0. The molecule has 0 radical (unpaired) electrons. The summed E-state index contributed by atoms with van der Waals surface area (Å²) in [6.07, 6.45) is 3.17. The van der Waals surface area contributed by atoms with Gasteiger partial charge in [-0.3, -0.25) is 5.10 Å². The Hall–Kier alpha value is -0.930. The smallest absolute Gasteiger partial charge is 0.0547 e. The molecule has 19 heavy (non-hydrogen) atoms. The topological polar surface area (TPSA) is 28.7 Å². The van der Waals surface area contributed by atoms with Crippen molar-refractivity contribution < 1.29 is 0 Å². The fourth-order valence-electron chi connectivity index (χ4n) is 3.39. The maximum atomic E-state index is 6.67. The van der Waals surface area contributed by atoms with Gasteiger partial charge < -0.3 is 0 Å². The van der Waals surface area contributed by atoms with Gasteiger partial charge in [-0.2, -0.15) is 5.10 Å². The molecule has 4 heteroatoms. The van der Waals surface area contributed by atoms with Gasteiger partial charge in [0.25, 0.3) is 0 Å². The molecular weight excluding hydrogens is 276 g/mol. The molecule has 0 saturated heterocycles. The van der Waals surface area contributed by atoms with Crippen LogP contribution in [0.25, 0.3) is 0 Å². The third-order valence-electron chi connectivity index (χ3n) is 4.37. The van der Waals surface area contributed by atoms with E-state index < -0.39 is 0 Å². The number of aromatic amines is 1. The van der Waals surface area contributed by atoms with Gasteiger partial charge in [0.15, 0.2) is 0 Å². The van der Waals surface area contributed by atoms with E-state index in [2.05, 4.69) is 41.4 Å². The molecule has 2 bridgehead atoms. The molecule has 4 atom stereocenters. The summed E-state index contributed by atoms with van der Waals surface area (Å²) < 4.78 is 0. The molecular formula is C15H15ClN2S. The molecule has 1 N–H and O–H groups in total. The monoisotopic (exact) mass is 290 g/mol. The van der Waals surface area contributed by atoms with Crippen molar-refractivity contribution in [2.45, 2.75) is 40.7 Å². The van der Waals surface area contributed by atoms with Crippen molar-refractivity contribution in [2.75, 3.05) is 0 Å². The summed E-state index contributed by atoms with van der Waals surface area (Å²) >= 11 is 8.60. The molecule has 0 amide bonds. The summed E-state index contributed by atoms with van der Waals surface area (Å²) in [5.74, 6) is 1.03. The van der Waals surface area contributed by atoms with Gasteiger partial charge in [-0.25, -0.2) is 0 Å². The highest BCUT2D eigenvalue weighted by atomic mass is 35.5. The standard InChI is InChI=1S/C15H15ClN2S/c1-8-2-4-9(5-3-8)19-15-10-6-11(13(15)16)14-12(10)7-17-18-14/h2-5,7,10-11,13,15H,6H2,1H3,(H,17,18)/t10-,11-,13-,15-/m0/s1. The normalized spacial score (nSPS) is 31.7. The average molecular weight is 291 g/mol. The lowest BCUT2D eigenvalue weighted by Gasteiger charge is -2.25. The predicted octanol–water partition coefficient (Wildman–Crippen LogP) is 4.07. The zero-order valence-corrected chi connectivity index (χ0v) is 12.2. The molecule has 0 unspecified atom stereocenters. The van der Waals surface area contributed by atoms with Crippen molar-refractivity contribution in [3.63, 3.8) is 0 Å². The largest absolute Gasteiger partial charge is 0.282 e. The van der Waals surface area contributed by atoms with Gasteiger partial charge in [-0.1, -0.05) is 17.7 Å². The highest BCUT2D eigenvalue weighted by molar-refractivity contribution is 8.00. The summed E-state index contributed by atoms with van der Waals surface area (Å²) in [6.45, 7) is 2.12. The van der Waals surface area contributed by atoms with E-state index in [1.54, 1.807) is 0 Å². The van der Waals surface area contributed by atoms with Crippen LogP contribution in [0.1, 0.15) is 35.1 Å². The van der Waals surface area contributed by atoms with Gasteiger partial charge in [-0.05, 0) is 31.0 Å². The van der Waals surface area contributed by atoms with Crippen LogP contribution in [0.3, 0.4) is 0 Å². The van der Waals surface area contributed by atoms with Crippen molar-refractivity contribution in [1.29, 1.82) is 0 Å². The van der Waals surface area contributed by atoms with Gasteiger partial charge in [0.05, 0.1) is 11.6 Å². The Bertz CT molecular complexity index is 607. The highest BCUT2D eigenvalue weighted by Crippen LogP contribution is 2.59. The number of aromatic nitrogens is 2. The quantitative estimate of drug-likeness (QED) is 0.845. The molecule has 2 aliphatic carbocycles. The molecule has 1 aromatic heterocycles. The summed E-state index contributed by atoms with van der Waals surface area (Å²) in [5.41, 5.74) is 3.98. The highest BCUT2D eigenvalue weighted by Gasteiger charge is 2.51. The Kier molecular flexibility index (Phi) is 2.68. The summed E-state index contributed by atoms with van der Waals surface area (Å²) in [7, 11) is 0. The van der Waals surface area contributed by atoms with E-state index >= 15 is 0 Å². The minimum atomic E-state index is 0.212. The first-order chi connectivity index (χ1) is 9.24. The molecule has 0 spiro atoms. The minimum absolute atomic E-state index is 0.212. The van der Waals surface area contributed by atoms with Crippen LogP contribution in [0, 0.1) is 6.92 Å². The van der Waals surface area contributed by atoms with Crippen molar-refractivity contribution in [1.82, 2.24) is 10.2 Å². The summed E-state index contributed by atoms with van der Waals surface area (Å²) in [6, 6.07) is 8.74. The van der Waals surface area contributed by atoms with E-state index in [0.717, 1.165) is 0 Å². The van der Waals surface area contributed by atoms with Gasteiger partial charge in [0, 0.05) is 27.7 Å². The van der Waals surface area contributed by atoms with E-state index in [1.807, 2.05) is 18.0 Å². The molecule has 0 aliphatic heterocycles. The molecule has 1 fully saturated rings. The Balaban J connectivity index is 1.62. The number of rotatable bonds is 2. The lowest BCUT2D eigenvalue weighted by atomic mass is 9.97. The number of thioether (sulfide) groups is 1. The second-order valence-corrected chi connectivity index (χ2v) is 7.28. The number of alkyl halides is 1. The lowest BCUT2D eigenvalue weighted by molar-refractivity contribution is 0.717. The van der Waals surface area contributed by atoms with Gasteiger partial charge in [0.1, 0.15) is 0 Å². The Morgan fingerprint density at radius 3 is 2.84 bits per heavy atom. The zero-order valence-electron chi connectivity index (χ0n) is 10.6. The maximum absolute atomic E-state index is 6.67.